The molecule has 135 valence electrons. The van der Waals surface area contributed by atoms with E-state index in [1.807, 2.05) is 24.3 Å². The van der Waals surface area contributed by atoms with Crippen LogP contribution in [0.3, 0.4) is 0 Å². The van der Waals surface area contributed by atoms with Gasteiger partial charge in [-0.2, -0.15) is 0 Å². The fraction of sp³-hybridized carbons (Fsp3) is 0.0400. The van der Waals surface area contributed by atoms with Crippen LogP contribution < -0.4 is 4.74 Å². The first-order valence-electron chi connectivity index (χ1n) is 9.10. The summed E-state index contributed by atoms with van der Waals surface area (Å²) in [7, 11) is 1.69. The zero-order valence-corrected chi connectivity index (χ0v) is 16.9. The number of nitrogens with zero attached hydrogens (tertiary/aromatic N) is 1. The van der Waals surface area contributed by atoms with E-state index in [0.717, 1.165) is 21.5 Å². The average Bonchev–Trinajstić information content (AvgIpc) is 3.08. The Morgan fingerprint density at radius 2 is 1.71 bits per heavy atom. The van der Waals surface area contributed by atoms with Crippen molar-refractivity contribution in [3.63, 3.8) is 0 Å². The highest BCUT2D eigenvalue weighted by atomic mass is 79.9. The molecule has 1 aromatic heterocycles. The first-order valence-corrected chi connectivity index (χ1v) is 9.90. The van der Waals surface area contributed by atoms with E-state index in [4.69, 9.17) is 4.74 Å². The van der Waals surface area contributed by atoms with Crippen molar-refractivity contribution in [2.45, 2.75) is 0 Å². The first kappa shape index (κ1) is 17.1. The molecule has 0 spiro atoms. The molecule has 0 saturated heterocycles. The van der Waals surface area contributed by atoms with Crippen molar-refractivity contribution in [1.29, 1.82) is 0 Å². The number of para-hydroxylation sites is 1. The summed E-state index contributed by atoms with van der Waals surface area (Å²) >= 11 is 3.63. The first-order chi connectivity index (χ1) is 13.8. The predicted molar refractivity (Wildman–Crippen MR) is 119 cm³/mol. The molecule has 5 aromatic rings. The average molecular weight is 427 g/mol. The molecule has 0 aliphatic rings. The van der Waals surface area contributed by atoms with Crippen molar-refractivity contribution in [2.24, 2.45) is 0 Å². The molecule has 1 radical (unpaired) electrons. The Labute approximate surface area is 172 Å². The Kier molecular flexibility index (Phi) is 4.18. The normalized spacial score (nSPS) is 11.2. The van der Waals surface area contributed by atoms with Gasteiger partial charge in [0.05, 0.1) is 18.1 Å². The smallest absolute Gasteiger partial charge is 0.119 e. The standard InChI is InChI=1S/C25H17BrNO/c1-28-20-13-11-19(12-14-20)27-24-15-10-18(26)16-23(24)22-9-5-8-21(25(22)27)17-6-3-2-4-7-17/h2-6,8-16H,1H3. The Balaban J connectivity index is 1.93. The highest BCUT2D eigenvalue weighted by Gasteiger charge is 2.16. The van der Waals surface area contributed by atoms with Crippen LogP contribution in [0.1, 0.15) is 0 Å². The Hall–Kier alpha value is -3.04. The molecule has 1 heterocycles. The van der Waals surface area contributed by atoms with Crippen LogP contribution in [-0.2, 0) is 0 Å². The predicted octanol–water partition coefficient (Wildman–Crippen LogP) is 7.02. The van der Waals surface area contributed by atoms with Crippen molar-refractivity contribution >= 4 is 37.7 Å². The number of halogens is 1. The molecular weight excluding hydrogens is 410 g/mol. The van der Waals surface area contributed by atoms with Crippen LogP contribution in [0.5, 0.6) is 5.75 Å². The lowest BCUT2D eigenvalue weighted by atomic mass is 10.0. The van der Waals surface area contributed by atoms with Crippen molar-refractivity contribution in [1.82, 2.24) is 4.57 Å². The minimum Gasteiger partial charge on any atom is -0.497 e. The third-order valence-corrected chi connectivity index (χ3v) is 5.57. The topological polar surface area (TPSA) is 14.2 Å². The number of ether oxygens (including phenoxy) is 1. The minimum atomic E-state index is 0.851. The number of hydrogen-bond acceptors (Lipinski definition) is 1. The van der Waals surface area contributed by atoms with Gasteiger partial charge in [0.15, 0.2) is 0 Å². The molecule has 0 fully saturated rings. The van der Waals surface area contributed by atoms with Crippen LogP contribution in [0.4, 0.5) is 0 Å². The number of benzene rings is 4. The van der Waals surface area contributed by atoms with Gasteiger partial charge in [-0.05, 0) is 54.1 Å². The van der Waals surface area contributed by atoms with E-state index in [1.54, 1.807) is 7.11 Å². The summed E-state index contributed by atoms with van der Waals surface area (Å²) in [6.07, 6.45) is 0. The molecule has 4 aromatic carbocycles. The maximum Gasteiger partial charge on any atom is 0.119 e. The fourth-order valence-electron chi connectivity index (χ4n) is 3.82. The molecule has 0 saturated carbocycles. The molecule has 0 aliphatic carbocycles. The van der Waals surface area contributed by atoms with Crippen LogP contribution >= 0.6 is 15.9 Å². The van der Waals surface area contributed by atoms with Crippen molar-refractivity contribution in [2.75, 3.05) is 7.11 Å². The second kappa shape index (κ2) is 6.84. The molecule has 0 atom stereocenters. The van der Waals surface area contributed by atoms with Gasteiger partial charge in [0.25, 0.3) is 0 Å². The fourth-order valence-corrected chi connectivity index (χ4v) is 4.18. The van der Waals surface area contributed by atoms with Crippen LogP contribution in [0.2, 0.25) is 0 Å². The van der Waals surface area contributed by atoms with E-state index in [-0.39, 0.29) is 0 Å². The summed E-state index contributed by atoms with van der Waals surface area (Å²) in [6, 6.07) is 32.7. The van der Waals surface area contributed by atoms with Gasteiger partial charge in [0.2, 0.25) is 0 Å². The highest BCUT2D eigenvalue weighted by Crippen LogP contribution is 2.39. The van der Waals surface area contributed by atoms with Gasteiger partial charge in [-0.1, -0.05) is 58.4 Å². The lowest BCUT2D eigenvalue weighted by Gasteiger charge is -2.12. The quantitative estimate of drug-likeness (QED) is 0.302. The molecule has 2 nitrogen and oxygen atoms in total. The molecule has 0 amide bonds. The van der Waals surface area contributed by atoms with E-state index in [2.05, 4.69) is 87.2 Å². The zero-order chi connectivity index (χ0) is 19.1. The van der Waals surface area contributed by atoms with Crippen molar-refractivity contribution in [3.05, 3.63) is 95.5 Å². The minimum absolute atomic E-state index is 0.851. The van der Waals surface area contributed by atoms with E-state index >= 15 is 0 Å². The number of aromatic nitrogens is 1. The summed E-state index contributed by atoms with van der Waals surface area (Å²) in [4.78, 5) is 0. The monoisotopic (exact) mass is 426 g/mol. The van der Waals surface area contributed by atoms with Crippen LogP contribution in [0, 0.1) is 6.07 Å². The van der Waals surface area contributed by atoms with Crippen molar-refractivity contribution in [3.8, 4) is 22.6 Å². The van der Waals surface area contributed by atoms with E-state index in [9.17, 15) is 0 Å². The van der Waals surface area contributed by atoms with E-state index < -0.39 is 0 Å². The molecule has 28 heavy (non-hydrogen) atoms. The van der Waals surface area contributed by atoms with E-state index in [0.29, 0.717) is 0 Å². The molecule has 0 bridgehead atoms. The van der Waals surface area contributed by atoms with Gasteiger partial charge in [0, 0.05) is 26.5 Å². The SMILES string of the molecule is COc1ccc(-n2c3ccc(Br)cc3c3cccc(-c4[c]cccc4)c32)cc1. The van der Waals surface area contributed by atoms with Crippen LogP contribution in [0.25, 0.3) is 38.6 Å². The van der Waals surface area contributed by atoms with Gasteiger partial charge in [-0.3, -0.25) is 0 Å². The number of fused-ring (bicyclic) bond motifs is 3. The summed E-state index contributed by atoms with van der Waals surface area (Å²) in [5.41, 5.74) is 5.72. The lowest BCUT2D eigenvalue weighted by Crippen LogP contribution is -1.95. The molecule has 0 aliphatic heterocycles. The Morgan fingerprint density at radius 3 is 2.46 bits per heavy atom. The second-order valence-electron chi connectivity index (χ2n) is 6.67. The molecule has 0 N–H and O–H groups in total. The van der Waals surface area contributed by atoms with Crippen molar-refractivity contribution < 1.29 is 4.74 Å². The maximum atomic E-state index is 5.35. The number of hydrogen-bond donors (Lipinski definition) is 0. The van der Waals surface area contributed by atoms with Gasteiger partial charge in [-0.25, -0.2) is 0 Å². The summed E-state index contributed by atoms with van der Waals surface area (Å²) in [6.45, 7) is 0. The summed E-state index contributed by atoms with van der Waals surface area (Å²) < 4.78 is 8.75. The molecule has 0 unspecified atom stereocenters. The highest BCUT2D eigenvalue weighted by molar-refractivity contribution is 9.10. The molecule has 5 rings (SSSR count). The maximum absolute atomic E-state index is 5.35. The van der Waals surface area contributed by atoms with Crippen LogP contribution in [0.15, 0.2) is 89.4 Å². The van der Waals surface area contributed by atoms with Gasteiger partial charge in [0.1, 0.15) is 5.75 Å². The summed E-state index contributed by atoms with van der Waals surface area (Å²) in [5.74, 6) is 0.851. The van der Waals surface area contributed by atoms with Gasteiger partial charge < -0.3 is 9.30 Å². The third kappa shape index (κ3) is 2.71. The van der Waals surface area contributed by atoms with E-state index in [1.165, 1.54) is 27.4 Å². The second-order valence-corrected chi connectivity index (χ2v) is 7.59. The third-order valence-electron chi connectivity index (χ3n) is 5.08. The number of rotatable bonds is 3. The Morgan fingerprint density at radius 1 is 0.857 bits per heavy atom. The number of methoxy groups -OCH3 is 1. The van der Waals surface area contributed by atoms with Gasteiger partial charge >= 0.3 is 0 Å². The largest absolute Gasteiger partial charge is 0.497 e. The summed E-state index contributed by atoms with van der Waals surface area (Å²) in [5, 5.41) is 2.44. The zero-order valence-electron chi connectivity index (χ0n) is 15.3. The lowest BCUT2D eigenvalue weighted by molar-refractivity contribution is 0.415. The van der Waals surface area contributed by atoms with Gasteiger partial charge in [-0.15, -0.1) is 0 Å². The molecular formula is C25H17BrNO. The van der Waals surface area contributed by atoms with Crippen LogP contribution in [-0.4, -0.2) is 11.7 Å². The Bertz CT molecular complexity index is 1290. The molecule has 3 heteroatoms.